The Morgan fingerprint density at radius 2 is 2.31 bits per heavy atom. The van der Waals surface area contributed by atoms with Crippen molar-refractivity contribution >= 4 is 29.1 Å². The Balaban J connectivity index is 1.71. The highest BCUT2D eigenvalue weighted by Crippen LogP contribution is 2.32. The summed E-state index contributed by atoms with van der Waals surface area (Å²) in [6.07, 6.45) is 3.61. The normalized spacial score (nSPS) is 16.3. The van der Waals surface area contributed by atoms with Crippen molar-refractivity contribution < 1.29 is 14.3 Å². The quantitative estimate of drug-likeness (QED) is 0.805. The van der Waals surface area contributed by atoms with Crippen molar-refractivity contribution in [3.05, 3.63) is 40.7 Å². The van der Waals surface area contributed by atoms with Crippen molar-refractivity contribution in [1.82, 2.24) is 15.3 Å². The van der Waals surface area contributed by atoms with E-state index in [0.717, 1.165) is 25.0 Å². The van der Waals surface area contributed by atoms with Crippen molar-refractivity contribution in [2.75, 3.05) is 25.6 Å². The number of methoxy groups -OCH3 is 1. The van der Waals surface area contributed by atoms with Gasteiger partial charge in [0.15, 0.2) is 0 Å². The highest BCUT2D eigenvalue weighted by molar-refractivity contribution is 6.31. The first-order chi connectivity index (χ1) is 12.6. The van der Waals surface area contributed by atoms with Crippen LogP contribution in [0.1, 0.15) is 28.9 Å². The standard InChI is InChI=1S/C18H21ClN4O3/c1-11-8-15(16(25-2)9-13(11)19)23-18-20-6-5-14(22-18)17(24)21-10-12-4-3-7-26-12/h5-6,8-9,12H,3-4,7,10H2,1-2H3,(H,21,24)(H,20,22,23). The molecule has 1 aromatic heterocycles. The van der Waals surface area contributed by atoms with Crippen LogP contribution in [0.2, 0.25) is 5.02 Å². The largest absolute Gasteiger partial charge is 0.495 e. The van der Waals surface area contributed by atoms with E-state index < -0.39 is 0 Å². The van der Waals surface area contributed by atoms with Gasteiger partial charge in [0.2, 0.25) is 5.95 Å². The van der Waals surface area contributed by atoms with Crippen molar-refractivity contribution in [2.45, 2.75) is 25.9 Å². The van der Waals surface area contributed by atoms with E-state index in [2.05, 4.69) is 20.6 Å². The third-order valence-electron chi connectivity index (χ3n) is 4.13. The van der Waals surface area contributed by atoms with Crippen LogP contribution in [0.25, 0.3) is 0 Å². The SMILES string of the molecule is COc1cc(Cl)c(C)cc1Nc1nccc(C(=O)NCC2CCCO2)n1. The Bertz CT molecular complexity index is 794. The van der Waals surface area contributed by atoms with E-state index in [0.29, 0.717) is 29.0 Å². The topological polar surface area (TPSA) is 85.4 Å². The van der Waals surface area contributed by atoms with Crippen molar-refractivity contribution in [3.8, 4) is 5.75 Å². The van der Waals surface area contributed by atoms with E-state index in [9.17, 15) is 4.79 Å². The van der Waals surface area contributed by atoms with Gasteiger partial charge in [-0.15, -0.1) is 0 Å². The zero-order chi connectivity index (χ0) is 18.5. The van der Waals surface area contributed by atoms with Gasteiger partial charge in [-0.2, -0.15) is 0 Å². The van der Waals surface area contributed by atoms with E-state index in [4.69, 9.17) is 21.1 Å². The average molecular weight is 377 g/mol. The van der Waals surface area contributed by atoms with Gasteiger partial charge in [0, 0.05) is 30.4 Å². The van der Waals surface area contributed by atoms with Crippen LogP contribution in [0.5, 0.6) is 5.75 Å². The molecule has 3 rings (SSSR count). The predicted octanol–water partition coefficient (Wildman–Crippen LogP) is 3.10. The fourth-order valence-corrected chi connectivity index (χ4v) is 2.85. The molecule has 1 fully saturated rings. The molecule has 1 atom stereocenters. The molecule has 1 unspecified atom stereocenters. The van der Waals surface area contributed by atoms with Crippen molar-refractivity contribution in [3.63, 3.8) is 0 Å². The van der Waals surface area contributed by atoms with Crippen LogP contribution in [0, 0.1) is 6.92 Å². The first-order valence-corrected chi connectivity index (χ1v) is 8.78. The molecule has 0 saturated carbocycles. The Kier molecular flexibility index (Phi) is 5.90. The zero-order valence-electron chi connectivity index (χ0n) is 14.7. The highest BCUT2D eigenvalue weighted by Gasteiger charge is 2.17. The lowest BCUT2D eigenvalue weighted by Gasteiger charge is -2.13. The molecule has 138 valence electrons. The fraction of sp³-hybridized carbons (Fsp3) is 0.389. The molecule has 1 aromatic carbocycles. The minimum Gasteiger partial charge on any atom is -0.495 e. The summed E-state index contributed by atoms with van der Waals surface area (Å²) in [6, 6.07) is 5.13. The van der Waals surface area contributed by atoms with Crippen LogP contribution in [0.3, 0.4) is 0 Å². The Hall–Kier alpha value is -2.38. The van der Waals surface area contributed by atoms with Crippen LogP contribution in [0.4, 0.5) is 11.6 Å². The van der Waals surface area contributed by atoms with Crippen molar-refractivity contribution in [2.24, 2.45) is 0 Å². The number of hydrogen-bond donors (Lipinski definition) is 2. The maximum Gasteiger partial charge on any atom is 0.270 e. The molecule has 1 aliphatic heterocycles. The van der Waals surface area contributed by atoms with Gasteiger partial charge in [-0.05, 0) is 37.5 Å². The van der Waals surface area contributed by atoms with Gasteiger partial charge in [0.25, 0.3) is 5.91 Å². The number of carbonyl (C=O) groups is 1. The van der Waals surface area contributed by atoms with E-state index in [1.165, 1.54) is 6.20 Å². The maximum atomic E-state index is 12.3. The Morgan fingerprint density at radius 1 is 1.46 bits per heavy atom. The van der Waals surface area contributed by atoms with Crippen molar-refractivity contribution in [1.29, 1.82) is 0 Å². The number of hydrogen-bond acceptors (Lipinski definition) is 6. The van der Waals surface area contributed by atoms with Gasteiger partial charge >= 0.3 is 0 Å². The first kappa shape index (κ1) is 18.4. The number of nitrogens with one attached hydrogen (secondary N) is 2. The number of carbonyl (C=O) groups excluding carboxylic acids is 1. The summed E-state index contributed by atoms with van der Waals surface area (Å²) in [6.45, 7) is 3.13. The second kappa shape index (κ2) is 8.33. The summed E-state index contributed by atoms with van der Waals surface area (Å²) < 4.78 is 10.8. The van der Waals surface area contributed by atoms with E-state index >= 15 is 0 Å². The van der Waals surface area contributed by atoms with E-state index in [-0.39, 0.29) is 17.7 Å². The number of aryl methyl sites for hydroxylation is 1. The van der Waals surface area contributed by atoms with Gasteiger partial charge in [0.05, 0.1) is 18.9 Å². The number of nitrogens with zero attached hydrogens (tertiary/aromatic N) is 2. The van der Waals surface area contributed by atoms with Crippen LogP contribution >= 0.6 is 11.6 Å². The molecule has 0 aliphatic carbocycles. The van der Waals surface area contributed by atoms with E-state index in [1.807, 2.05) is 13.0 Å². The van der Waals surface area contributed by atoms with Crippen LogP contribution in [-0.2, 0) is 4.74 Å². The van der Waals surface area contributed by atoms with Gasteiger partial charge in [-0.1, -0.05) is 11.6 Å². The second-order valence-corrected chi connectivity index (χ2v) is 6.44. The van der Waals surface area contributed by atoms with Crippen LogP contribution in [-0.4, -0.2) is 42.2 Å². The maximum absolute atomic E-state index is 12.3. The number of rotatable bonds is 6. The molecule has 0 bridgehead atoms. The molecule has 8 heteroatoms. The number of aromatic nitrogens is 2. The second-order valence-electron chi connectivity index (χ2n) is 6.04. The number of ether oxygens (including phenoxy) is 2. The minimum absolute atomic E-state index is 0.0830. The molecule has 2 N–H and O–H groups in total. The molecule has 1 saturated heterocycles. The molecule has 1 amide bonds. The summed E-state index contributed by atoms with van der Waals surface area (Å²) in [5.74, 6) is 0.609. The molecule has 2 heterocycles. The molecule has 2 aromatic rings. The van der Waals surface area contributed by atoms with E-state index in [1.54, 1.807) is 19.2 Å². The van der Waals surface area contributed by atoms with Crippen LogP contribution in [0.15, 0.2) is 24.4 Å². The molecule has 7 nitrogen and oxygen atoms in total. The first-order valence-electron chi connectivity index (χ1n) is 8.41. The lowest BCUT2D eigenvalue weighted by atomic mass is 10.2. The average Bonchev–Trinajstić information content (AvgIpc) is 3.16. The van der Waals surface area contributed by atoms with Gasteiger partial charge < -0.3 is 20.1 Å². The summed E-state index contributed by atoms with van der Waals surface area (Å²) in [7, 11) is 1.56. The van der Waals surface area contributed by atoms with Gasteiger partial charge in [0.1, 0.15) is 11.4 Å². The smallest absolute Gasteiger partial charge is 0.270 e. The zero-order valence-corrected chi connectivity index (χ0v) is 15.5. The lowest BCUT2D eigenvalue weighted by molar-refractivity contribution is 0.0853. The third kappa shape index (κ3) is 4.42. The third-order valence-corrected chi connectivity index (χ3v) is 4.54. The molecule has 0 radical (unpaired) electrons. The Morgan fingerprint density at radius 3 is 3.04 bits per heavy atom. The minimum atomic E-state index is -0.259. The number of anilines is 2. The predicted molar refractivity (Wildman–Crippen MR) is 99.4 cm³/mol. The summed E-state index contributed by atoms with van der Waals surface area (Å²) in [4.78, 5) is 20.7. The molecule has 1 aliphatic rings. The summed E-state index contributed by atoms with van der Waals surface area (Å²) in [5, 5.41) is 6.53. The highest BCUT2D eigenvalue weighted by atomic mass is 35.5. The Labute approximate surface area is 157 Å². The monoisotopic (exact) mass is 376 g/mol. The number of benzene rings is 1. The fourth-order valence-electron chi connectivity index (χ4n) is 2.70. The number of halogens is 1. The van der Waals surface area contributed by atoms with Crippen LogP contribution < -0.4 is 15.4 Å². The number of amides is 1. The summed E-state index contributed by atoms with van der Waals surface area (Å²) >= 11 is 6.12. The summed E-state index contributed by atoms with van der Waals surface area (Å²) in [5.41, 5.74) is 1.84. The van der Waals surface area contributed by atoms with Gasteiger partial charge in [-0.3, -0.25) is 4.79 Å². The van der Waals surface area contributed by atoms with Gasteiger partial charge in [-0.25, -0.2) is 9.97 Å². The molecular weight excluding hydrogens is 356 g/mol. The lowest BCUT2D eigenvalue weighted by Crippen LogP contribution is -2.32. The molecular formula is C18H21ClN4O3. The molecule has 26 heavy (non-hydrogen) atoms. The molecule has 0 spiro atoms.